The van der Waals surface area contributed by atoms with Gasteiger partial charge in [0.15, 0.2) is 0 Å². The summed E-state index contributed by atoms with van der Waals surface area (Å²) in [7, 11) is 0. The molecule has 3 aromatic rings. The van der Waals surface area contributed by atoms with Crippen LogP contribution < -0.4 is 5.32 Å². The molecule has 1 N–H and O–H groups in total. The van der Waals surface area contributed by atoms with E-state index < -0.39 is 0 Å². The molecule has 1 amide bonds. The number of nitrogens with one attached hydrogen (secondary N) is 1. The molecule has 0 atom stereocenters. The van der Waals surface area contributed by atoms with Crippen molar-refractivity contribution in [2.45, 2.75) is 29.2 Å². The van der Waals surface area contributed by atoms with Crippen LogP contribution in [-0.4, -0.2) is 23.9 Å². The first-order valence-corrected chi connectivity index (χ1v) is 11.1. The molecule has 3 aromatic carbocycles. The normalized spacial score (nSPS) is 15.1. The lowest BCUT2D eigenvalue weighted by molar-refractivity contribution is -0.121. The van der Waals surface area contributed by atoms with Gasteiger partial charge in [-0.3, -0.25) is 9.69 Å². The Morgan fingerprint density at radius 3 is 2.37 bits per heavy atom. The number of para-hydroxylation sites is 1. The fourth-order valence-electron chi connectivity index (χ4n) is 3.73. The molecule has 1 aliphatic heterocycles. The maximum atomic E-state index is 13.9. The van der Waals surface area contributed by atoms with Crippen molar-refractivity contribution in [2.24, 2.45) is 5.92 Å². The van der Waals surface area contributed by atoms with Crippen LogP contribution in [0.25, 0.3) is 0 Å². The molecule has 0 unspecified atom stereocenters. The number of nitrogens with zero attached hydrogens (tertiary/aromatic N) is 1. The summed E-state index contributed by atoms with van der Waals surface area (Å²) in [5.74, 6) is -0.108. The van der Waals surface area contributed by atoms with Gasteiger partial charge in [-0.2, -0.15) is 0 Å². The Bertz CT molecular complexity index is 987. The van der Waals surface area contributed by atoms with Gasteiger partial charge >= 0.3 is 0 Å². The molecule has 0 radical (unpaired) electrons. The largest absolute Gasteiger partial charge is 0.325 e. The summed E-state index contributed by atoms with van der Waals surface area (Å²) in [6, 6.07) is 25.0. The van der Waals surface area contributed by atoms with Crippen molar-refractivity contribution in [3.63, 3.8) is 0 Å². The zero-order valence-corrected chi connectivity index (χ0v) is 17.6. The van der Waals surface area contributed by atoms with Crippen molar-refractivity contribution in [2.75, 3.05) is 18.4 Å². The molecule has 1 heterocycles. The molecular formula is C25H25FN2OS. The number of rotatable bonds is 6. The summed E-state index contributed by atoms with van der Waals surface area (Å²) in [5.41, 5.74) is 1.57. The molecule has 154 valence electrons. The maximum Gasteiger partial charge on any atom is 0.227 e. The molecular weight excluding hydrogens is 395 g/mol. The number of benzene rings is 3. The van der Waals surface area contributed by atoms with Gasteiger partial charge in [0.25, 0.3) is 0 Å². The maximum absolute atomic E-state index is 13.9. The topological polar surface area (TPSA) is 32.3 Å². The van der Waals surface area contributed by atoms with Crippen LogP contribution >= 0.6 is 11.8 Å². The van der Waals surface area contributed by atoms with E-state index in [0.717, 1.165) is 41.4 Å². The molecule has 30 heavy (non-hydrogen) atoms. The van der Waals surface area contributed by atoms with Crippen LogP contribution in [0.15, 0.2) is 88.7 Å². The Morgan fingerprint density at radius 2 is 1.60 bits per heavy atom. The SMILES string of the molecule is O=C(Nc1ccccc1Sc1ccccc1)C1CCN(Cc2ccccc2F)CC1. The number of amides is 1. The van der Waals surface area contributed by atoms with E-state index in [1.165, 1.54) is 6.07 Å². The molecule has 1 saturated heterocycles. The lowest BCUT2D eigenvalue weighted by Crippen LogP contribution is -2.38. The van der Waals surface area contributed by atoms with Gasteiger partial charge in [0.05, 0.1) is 5.69 Å². The standard InChI is InChI=1S/C25H25FN2OS/c26-22-11-5-4-8-20(22)18-28-16-14-19(15-17-28)25(29)27-23-12-6-7-13-24(23)30-21-9-2-1-3-10-21/h1-13,19H,14-18H2,(H,27,29). The Kier molecular flexibility index (Phi) is 6.82. The number of hydrogen-bond donors (Lipinski definition) is 1. The monoisotopic (exact) mass is 420 g/mol. The molecule has 1 fully saturated rings. The number of hydrogen-bond acceptors (Lipinski definition) is 3. The molecule has 0 spiro atoms. The van der Waals surface area contributed by atoms with Crippen molar-refractivity contribution in [1.82, 2.24) is 4.90 Å². The molecule has 0 aromatic heterocycles. The smallest absolute Gasteiger partial charge is 0.227 e. The van der Waals surface area contributed by atoms with E-state index in [4.69, 9.17) is 0 Å². The predicted octanol–water partition coefficient (Wildman–Crippen LogP) is 5.83. The van der Waals surface area contributed by atoms with Crippen LogP contribution in [0, 0.1) is 11.7 Å². The van der Waals surface area contributed by atoms with Gasteiger partial charge in [-0.25, -0.2) is 4.39 Å². The Balaban J connectivity index is 1.34. The molecule has 3 nitrogen and oxygen atoms in total. The fraction of sp³-hybridized carbons (Fsp3) is 0.240. The number of piperidine rings is 1. The molecule has 4 rings (SSSR count). The van der Waals surface area contributed by atoms with Gasteiger partial charge in [-0.15, -0.1) is 0 Å². The van der Waals surface area contributed by atoms with Crippen molar-refractivity contribution in [3.05, 3.63) is 90.2 Å². The number of carbonyl (C=O) groups is 1. The highest BCUT2D eigenvalue weighted by Gasteiger charge is 2.26. The third-order valence-corrected chi connectivity index (χ3v) is 6.51. The predicted molar refractivity (Wildman–Crippen MR) is 120 cm³/mol. The number of carbonyl (C=O) groups excluding carboxylic acids is 1. The second kappa shape index (κ2) is 9.92. The van der Waals surface area contributed by atoms with Crippen LogP contribution in [0.5, 0.6) is 0 Å². The minimum Gasteiger partial charge on any atom is -0.325 e. The lowest BCUT2D eigenvalue weighted by atomic mass is 9.95. The molecule has 0 bridgehead atoms. The quantitative estimate of drug-likeness (QED) is 0.545. The first kappa shape index (κ1) is 20.6. The van der Waals surface area contributed by atoms with E-state index in [-0.39, 0.29) is 17.6 Å². The lowest BCUT2D eigenvalue weighted by Gasteiger charge is -2.31. The average Bonchev–Trinajstić information content (AvgIpc) is 2.78. The molecule has 5 heteroatoms. The van der Waals surface area contributed by atoms with E-state index in [1.54, 1.807) is 17.8 Å². The van der Waals surface area contributed by atoms with Gasteiger partial charge < -0.3 is 5.32 Å². The van der Waals surface area contributed by atoms with Crippen molar-refractivity contribution in [3.8, 4) is 0 Å². The van der Waals surface area contributed by atoms with E-state index in [0.29, 0.717) is 12.1 Å². The molecule has 0 saturated carbocycles. The minimum atomic E-state index is -0.162. The van der Waals surface area contributed by atoms with Gasteiger partial charge in [0, 0.05) is 27.8 Å². The second-order valence-electron chi connectivity index (χ2n) is 7.54. The number of likely N-dealkylation sites (tertiary alicyclic amines) is 1. The minimum absolute atomic E-state index is 0.0170. The first-order valence-electron chi connectivity index (χ1n) is 10.3. The Morgan fingerprint density at radius 1 is 0.933 bits per heavy atom. The van der Waals surface area contributed by atoms with E-state index in [9.17, 15) is 9.18 Å². The number of halogens is 1. The van der Waals surface area contributed by atoms with E-state index >= 15 is 0 Å². The summed E-state index contributed by atoms with van der Waals surface area (Å²) >= 11 is 1.65. The van der Waals surface area contributed by atoms with Crippen molar-refractivity contribution >= 4 is 23.4 Å². The van der Waals surface area contributed by atoms with Gasteiger partial charge in [-0.05, 0) is 56.3 Å². The van der Waals surface area contributed by atoms with Crippen LogP contribution in [0.2, 0.25) is 0 Å². The zero-order chi connectivity index (χ0) is 20.8. The summed E-state index contributed by atoms with van der Waals surface area (Å²) in [6.45, 7) is 2.19. The first-order chi connectivity index (χ1) is 14.7. The van der Waals surface area contributed by atoms with Crippen molar-refractivity contribution in [1.29, 1.82) is 0 Å². The van der Waals surface area contributed by atoms with Gasteiger partial charge in [0.2, 0.25) is 5.91 Å². The summed E-state index contributed by atoms with van der Waals surface area (Å²) < 4.78 is 13.9. The number of anilines is 1. The van der Waals surface area contributed by atoms with Crippen LogP contribution in [-0.2, 0) is 11.3 Å². The van der Waals surface area contributed by atoms with Crippen molar-refractivity contribution < 1.29 is 9.18 Å². The Hall–Kier alpha value is -2.63. The van der Waals surface area contributed by atoms with Crippen LogP contribution in [0.3, 0.4) is 0 Å². The highest BCUT2D eigenvalue weighted by atomic mass is 32.2. The van der Waals surface area contributed by atoms with Crippen LogP contribution in [0.1, 0.15) is 18.4 Å². The second-order valence-corrected chi connectivity index (χ2v) is 8.66. The highest BCUT2D eigenvalue weighted by Crippen LogP contribution is 2.33. The third-order valence-electron chi connectivity index (χ3n) is 5.43. The summed E-state index contributed by atoms with van der Waals surface area (Å²) in [5, 5.41) is 3.14. The third kappa shape index (κ3) is 5.29. The highest BCUT2D eigenvalue weighted by molar-refractivity contribution is 7.99. The van der Waals surface area contributed by atoms with Crippen LogP contribution in [0.4, 0.5) is 10.1 Å². The van der Waals surface area contributed by atoms with Gasteiger partial charge in [0.1, 0.15) is 5.82 Å². The van der Waals surface area contributed by atoms with E-state index in [1.807, 2.05) is 54.6 Å². The summed E-state index contributed by atoms with van der Waals surface area (Å²) in [6.07, 6.45) is 1.57. The summed E-state index contributed by atoms with van der Waals surface area (Å²) in [4.78, 5) is 17.3. The van der Waals surface area contributed by atoms with E-state index in [2.05, 4.69) is 22.3 Å². The molecule has 0 aliphatic carbocycles. The zero-order valence-electron chi connectivity index (χ0n) is 16.8. The molecule has 1 aliphatic rings. The average molecular weight is 421 g/mol. The van der Waals surface area contributed by atoms with Gasteiger partial charge in [-0.1, -0.05) is 60.3 Å². The Labute approximate surface area is 181 Å². The fourth-order valence-corrected chi connectivity index (χ4v) is 4.65.